The van der Waals surface area contributed by atoms with Gasteiger partial charge in [-0.25, -0.2) is 0 Å². The lowest BCUT2D eigenvalue weighted by Gasteiger charge is -2.14. The van der Waals surface area contributed by atoms with Crippen molar-refractivity contribution >= 4 is 34.1 Å². The van der Waals surface area contributed by atoms with Gasteiger partial charge in [-0.05, 0) is 28.5 Å². The fourth-order valence-corrected chi connectivity index (χ4v) is 4.06. The average molecular weight is 305 g/mol. The van der Waals surface area contributed by atoms with Crippen molar-refractivity contribution in [2.75, 3.05) is 5.32 Å². The lowest BCUT2D eigenvalue weighted by atomic mass is 10.0. The zero-order chi connectivity index (χ0) is 14.9. The number of amides is 1. The minimum absolute atomic E-state index is 0.0793. The molecule has 0 radical (unpaired) electrons. The Morgan fingerprint density at radius 3 is 2.59 bits per heavy atom. The summed E-state index contributed by atoms with van der Waals surface area (Å²) in [5.41, 5.74) is 2.12. The molecule has 1 aliphatic rings. The number of rotatable bonds is 1. The van der Waals surface area contributed by atoms with Crippen molar-refractivity contribution in [2.24, 2.45) is 0 Å². The van der Waals surface area contributed by atoms with Gasteiger partial charge < -0.3 is 5.32 Å². The van der Waals surface area contributed by atoms with Crippen LogP contribution in [0.25, 0.3) is 10.8 Å². The van der Waals surface area contributed by atoms with Gasteiger partial charge in [0.1, 0.15) is 0 Å². The first kappa shape index (κ1) is 13.4. The van der Waals surface area contributed by atoms with Crippen molar-refractivity contribution in [1.29, 1.82) is 0 Å². The first-order valence-corrected chi connectivity index (χ1v) is 8.22. The highest BCUT2D eigenvalue weighted by Crippen LogP contribution is 2.43. The highest BCUT2D eigenvalue weighted by atomic mass is 32.2. The molecule has 1 amide bonds. The summed E-state index contributed by atoms with van der Waals surface area (Å²) in [5.74, 6) is 0.0793. The van der Waals surface area contributed by atoms with E-state index in [1.807, 2.05) is 30.3 Å². The van der Waals surface area contributed by atoms with Crippen LogP contribution >= 0.6 is 11.8 Å². The molecule has 108 valence electrons. The first-order chi connectivity index (χ1) is 10.8. The number of hydrogen-bond acceptors (Lipinski definition) is 2. The van der Waals surface area contributed by atoms with Gasteiger partial charge in [0.25, 0.3) is 0 Å². The van der Waals surface area contributed by atoms with Crippen molar-refractivity contribution in [3.63, 3.8) is 0 Å². The number of hydrogen-bond donors (Lipinski definition) is 1. The van der Waals surface area contributed by atoms with Crippen molar-refractivity contribution in [3.05, 3.63) is 72.3 Å². The lowest BCUT2D eigenvalue weighted by molar-refractivity contribution is -0.116. The van der Waals surface area contributed by atoms with Crippen LogP contribution in [0.2, 0.25) is 0 Å². The van der Waals surface area contributed by atoms with Crippen LogP contribution in [0.4, 0.5) is 5.69 Å². The van der Waals surface area contributed by atoms with Gasteiger partial charge in [-0.3, -0.25) is 4.79 Å². The monoisotopic (exact) mass is 305 g/mol. The Bertz CT molecular complexity index is 859. The Hall–Kier alpha value is -2.26. The summed E-state index contributed by atoms with van der Waals surface area (Å²) in [4.78, 5) is 13.3. The molecule has 2 nitrogen and oxygen atoms in total. The van der Waals surface area contributed by atoms with E-state index in [-0.39, 0.29) is 11.2 Å². The van der Waals surface area contributed by atoms with Crippen molar-refractivity contribution in [3.8, 4) is 0 Å². The van der Waals surface area contributed by atoms with Crippen LogP contribution in [0.1, 0.15) is 17.2 Å². The number of carbonyl (C=O) groups excluding carboxylic acids is 1. The molecule has 1 heterocycles. The standard InChI is InChI=1S/C19H15NOS/c21-19-12-18(22-17-8-4-3-7-16(17)20-19)15-10-9-13-5-1-2-6-14(13)11-15/h1-11,18H,12H2,(H,20,21)/t18-/m0/s1. The molecule has 1 N–H and O–H groups in total. The van der Waals surface area contributed by atoms with Gasteiger partial charge in [0.15, 0.2) is 0 Å². The van der Waals surface area contributed by atoms with Crippen LogP contribution in [0.15, 0.2) is 71.6 Å². The second kappa shape index (κ2) is 5.50. The number of carbonyl (C=O) groups is 1. The number of thioether (sulfide) groups is 1. The third kappa shape index (κ3) is 2.48. The molecule has 0 saturated heterocycles. The maximum absolute atomic E-state index is 12.2. The van der Waals surface area contributed by atoms with Gasteiger partial charge in [-0.2, -0.15) is 0 Å². The van der Waals surface area contributed by atoms with Crippen LogP contribution in [0, 0.1) is 0 Å². The third-order valence-corrected chi connectivity index (χ3v) is 5.28. The predicted molar refractivity (Wildman–Crippen MR) is 92.2 cm³/mol. The van der Waals surface area contributed by atoms with E-state index in [4.69, 9.17) is 0 Å². The molecule has 0 bridgehead atoms. The molecule has 3 heteroatoms. The number of benzene rings is 3. The second-order valence-corrected chi connectivity index (χ2v) is 6.71. The van der Waals surface area contributed by atoms with E-state index in [1.165, 1.54) is 16.3 Å². The topological polar surface area (TPSA) is 29.1 Å². The third-order valence-electron chi connectivity index (χ3n) is 3.95. The Kier molecular flexibility index (Phi) is 3.35. The quantitative estimate of drug-likeness (QED) is 0.684. The maximum Gasteiger partial charge on any atom is 0.225 e. The first-order valence-electron chi connectivity index (χ1n) is 7.34. The van der Waals surface area contributed by atoms with Gasteiger partial charge in [0.05, 0.1) is 5.69 Å². The Morgan fingerprint density at radius 2 is 1.68 bits per heavy atom. The number of para-hydroxylation sites is 1. The lowest BCUT2D eigenvalue weighted by Crippen LogP contribution is -2.11. The molecule has 3 aromatic carbocycles. The molecule has 4 rings (SSSR count). The molecule has 3 aromatic rings. The van der Waals surface area contributed by atoms with E-state index >= 15 is 0 Å². The van der Waals surface area contributed by atoms with E-state index in [0.29, 0.717) is 6.42 Å². The fraction of sp³-hybridized carbons (Fsp3) is 0.105. The molecule has 0 fully saturated rings. The molecule has 0 aromatic heterocycles. The minimum atomic E-state index is 0.0793. The molecule has 0 saturated carbocycles. The molecule has 0 aliphatic carbocycles. The van der Waals surface area contributed by atoms with Crippen molar-refractivity contribution in [2.45, 2.75) is 16.6 Å². The summed E-state index contributed by atoms with van der Waals surface area (Å²) in [5, 5.41) is 5.60. The van der Waals surface area contributed by atoms with Gasteiger partial charge in [0, 0.05) is 16.6 Å². The summed E-state index contributed by atoms with van der Waals surface area (Å²) in [7, 11) is 0. The Labute approximate surface area is 133 Å². The smallest absolute Gasteiger partial charge is 0.225 e. The molecule has 0 unspecified atom stereocenters. The largest absolute Gasteiger partial charge is 0.325 e. The summed E-state index contributed by atoms with van der Waals surface area (Å²) in [6.07, 6.45) is 0.498. The van der Waals surface area contributed by atoms with Gasteiger partial charge in [-0.1, -0.05) is 54.6 Å². The molecular weight excluding hydrogens is 290 g/mol. The van der Waals surface area contributed by atoms with Gasteiger partial charge in [0.2, 0.25) is 5.91 Å². The molecular formula is C19H15NOS. The number of anilines is 1. The van der Waals surface area contributed by atoms with Crippen LogP contribution in [-0.2, 0) is 4.79 Å². The molecule has 1 aliphatic heterocycles. The SMILES string of the molecule is O=C1C[C@@H](c2ccc3ccccc3c2)Sc2ccccc2N1. The van der Waals surface area contributed by atoms with Gasteiger partial charge in [-0.15, -0.1) is 11.8 Å². The molecule has 0 spiro atoms. The van der Waals surface area contributed by atoms with Crippen LogP contribution in [0.3, 0.4) is 0 Å². The van der Waals surface area contributed by atoms with Crippen LogP contribution < -0.4 is 5.32 Å². The van der Waals surface area contributed by atoms with E-state index < -0.39 is 0 Å². The van der Waals surface area contributed by atoms with E-state index in [9.17, 15) is 4.79 Å². The fourth-order valence-electron chi connectivity index (χ4n) is 2.83. The Balaban J connectivity index is 1.75. The van der Waals surface area contributed by atoms with Crippen LogP contribution in [0.5, 0.6) is 0 Å². The maximum atomic E-state index is 12.2. The highest BCUT2D eigenvalue weighted by molar-refractivity contribution is 7.99. The van der Waals surface area contributed by atoms with Crippen molar-refractivity contribution < 1.29 is 4.79 Å². The minimum Gasteiger partial charge on any atom is -0.325 e. The summed E-state index contributed by atoms with van der Waals surface area (Å²) in [6.45, 7) is 0. The normalized spacial score (nSPS) is 17.6. The van der Waals surface area contributed by atoms with Crippen molar-refractivity contribution in [1.82, 2.24) is 0 Å². The number of fused-ring (bicyclic) bond motifs is 2. The van der Waals surface area contributed by atoms with E-state index in [2.05, 4.69) is 41.7 Å². The van der Waals surface area contributed by atoms with Crippen LogP contribution in [-0.4, -0.2) is 5.91 Å². The number of nitrogens with one attached hydrogen (secondary N) is 1. The average Bonchev–Trinajstić information content (AvgIpc) is 2.72. The molecule has 1 atom stereocenters. The predicted octanol–water partition coefficient (Wildman–Crippen LogP) is 5.02. The summed E-state index contributed by atoms with van der Waals surface area (Å²) in [6, 6.07) is 22.8. The zero-order valence-corrected chi connectivity index (χ0v) is 12.8. The van der Waals surface area contributed by atoms with E-state index in [1.54, 1.807) is 11.8 Å². The van der Waals surface area contributed by atoms with E-state index in [0.717, 1.165) is 10.6 Å². The second-order valence-electron chi connectivity index (χ2n) is 5.46. The van der Waals surface area contributed by atoms with Gasteiger partial charge >= 0.3 is 0 Å². The summed E-state index contributed by atoms with van der Waals surface area (Å²) >= 11 is 1.76. The summed E-state index contributed by atoms with van der Waals surface area (Å²) < 4.78 is 0. The molecule has 22 heavy (non-hydrogen) atoms. The Morgan fingerprint density at radius 1 is 0.909 bits per heavy atom. The highest BCUT2D eigenvalue weighted by Gasteiger charge is 2.23. The zero-order valence-electron chi connectivity index (χ0n) is 12.0.